The van der Waals surface area contributed by atoms with Crippen molar-refractivity contribution in [2.75, 3.05) is 6.54 Å². The number of aliphatic carboxylic acids is 1. The largest absolute Gasteiger partial charge is 0.504 e. The van der Waals surface area contributed by atoms with Gasteiger partial charge < -0.3 is 20.2 Å². The van der Waals surface area contributed by atoms with E-state index >= 15 is 0 Å². The van der Waals surface area contributed by atoms with Crippen molar-refractivity contribution < 1.29 is 24.9 Å². The third-order valence-corrected chi connectivity index (χ3v) is 3.44. The van der Waals surface area contributed by atoms with E-state index in [1.165, 1.54) is 17.0 Å². The van der Waals surface area contributed by atoms with Crippen molar-refractivity contribution in [2.45, 2.75) is 19.4 Å². The highest BCUT2D eigenvalue weighted by molar-refractivity contribution is 5.97. The standard InChI is InChI=1S/C13H15NO5/c1-7-4-5-14(11(7)13(18)19)12(17)8-2-3-9(15)10(16)6-8/h2-3,6-7,11,15-16H,4-5H2,1H3,(H,18,19). The number of phenols is 2. The lowest BCUT2D eigenvalue weighted by Gasteiger charge is -2.23. The number of carboxylic acid groups (broad SMARTS) is 1. The molecule has 1 aromatic carbocycles. The van der Waals surface area contributed by atoms with Gasteiger partial charge in [-0.3, -0.25) is 4.79 Å². The Morgan fingerprint density at radius 2 is 1.95 bits per heavy atom. The molecule has 1 saturated heterocycles. The van der Waals surface area contributed by atoms with Crippen molar-refractivity contribution in [2.24, 2.45) is 5.92 Å². The van der Waals surface area contributed by atoms with Crippen LogP contribution in [0, 0.1) is 5.92 Å². The number of carbonyl (C=O) groups excluding carboxylic acids is 1. The zero-order valence-corrected chi connectivity index (χ0v) is 10.4. The number of carbonyl (C=O) groups is 2. The molecular weight excluding hydrogens is 250 g/mol. The van der Waals surface area contributed by atoms with Crippen molar-refractivity contribution in [3.05, 3.63) is 23.8 Å². The predicted molar refractivity (Wildman–Crippen MR) is 66.0 cm³/mol. The minimum absolute atomic E-state index is 0.104. The second kappa shape index (κ2) is 4.79. The quantitative estimate of drug-likeness (QED) is 0.694. The van der Waals surface area contributed by atoms with Crippen LogP contribution < -0.4 is 0 Å². The topological polar surface area (TPSA) is 98.1 Å². The summed E-state index contributed by atoms with van der Waals surface area (Å²) in [6, 6.07) is 2.86. The van der Waals surface area contributed by atoms with Gasteiger partial charge in [0.05, 0.1) is 0 Å². The van der Waals surface area contributed by atoms with Gasteiger partial charge in [0.25, 0.3) is 5.91 Å². The molecule has 6 nitrogen and oxygen atoms in total. The van der Waals surface area contributed by atoms with E-state index in [1.807, 2.05) is 0 Å². The molecule has 1 heterocycles. The van der Waals surface area contributed by atoms with Crippen molar-refractivity contribution in [1.82, 2.24) is 4.90 Å². The fourth-order valence-corrected chi connectivity index (χ4v) is 2.37. The average Bonchev–Trinajstić information content (AvgIpc) is 2.74. The molecule has 0 bridgehead atoms. The number of nitrogens with zero attached hydrogens (tertiary/aromatic N) is 1. The van der Waals surface area contributed by atoms with Crippen molar-refractivity contribution >= 4 is 11.9 Å². The van der Waals surface area contributed by atoms with Crippen LogP contribution in [0.25, 0.3) is 0 Å². The van der Waals surface area contributed by atoms with Gasteiger partial charge in [-0.15, -0.1) is 0 Å². The Hall–Kier alpha value is -2.24. The molecule has 1 fully saturated rings. The predicted octanol–water partition coefficient (Wildman–Crippen LogP) is 1.03. The number of benzene rings is 1. The summed E-state index contributed by atoms with van der Waals surface area (Å²) in [6.45, 7) is 2.17. The van der Waals surface area contributed by atoms with Gasteiger partial charge in [-0.2, -0.15) is 0 Å². The summed E-state index contributed by atoms with van der Waals surface area (Å²) in [6.07, 6.45) is 0.632. The number of rotatable bonds is 2. The third kappa shape index (κ3) is 2.33. The molecule has 0 saturated carbocycles. The van der Waals surface area contributed by atoms with Crippen molar-refractivity contribution in [1.29, 1.82) is 0 Å². The van der Waals surface area contributed by atoms with Gasteiger partial charge in [0.1, 0.15) is 6.04 Å². The van der Waals surface area contributed by atoms with E-state index in [4.69, 9.17) is 5.11 Å². The number of amides is 1. The number of aromatic hydroxyl groups is 2. The maximum Gasteiger partial charge on any atom is 0.326 e. The Balaban J connectivity index is 2.28. The van der Waals surface area contributed by atoms with E-state index in [-0.39, 0.29) is 17.2 Å². The SMILES string of the molecule is CC1CCN(C(=O)c2ccc(O)c(O)c2)C1C(=O)O. The Morgan fingerprint density at radius 1 is 1.26 bits per heavy atom. The van der Waals surface area contributed by atoms with E-state index in [2.05, 4.69) is 0 Å². The molecule has 0 spiro atoms. The molecular formula is C13H15NO5. The molecule has 0 aromatic heterocycles. The van der Waals surface area contributed by atoms with Crippen LogP contribution in [-0.4, -0.2) is 44.7 Å². The van der Waals surface area contributed by atoms with E-state index in [9.17, 15) is 19.8 Å². The Morgan fingerprint density at radius 3 is 2.53 bits per heavy atom. The highest BCUT2D eigenvalue weighted by Crippen LogP contribution is 2.29. The van der Waals surface area contributed by atoms with E-state index in [0.29, 0.717) is 13.0 Å². The normalized spacial score (nSPS) is 22.5. The van der Waals surface area contributed by atoms with Gasteiger partial charge in [-0.05, 0) is 30.5 Å². The summed E-state index contributed by atoms with van der Waals surface area (Å²) in [5.41, 5.74) is 0.163. The summed E-state index contributed by atoms with van der Waals surface area (Å²) in [5, 5.41) is 27.8. The molecule has 0 radical (unpaired) electrons. The smallest absolute Gasteiger partial charge is 0.326 e. The van der Waals surface area contributed by atoms with Crippen LogP contribution >= 0.6 is 0 Å². The first-order valence-corrected chi connectivity index (χ1v) is 5.97. The molecule has 1 amide bonds. The molecule has 6 heteroatoms. The van der Waals surface area contributed by atoms with Gasteiger partial charge in [0, 0.05) is 12.1 Å². The summed E-state index contributed by atoms with van der Waals surface area (Å²) in [7, 11) is 0. The van der Waals surface area contributed by atoms with Crippen LogP contribution in [0.5, 0.6) is 11.5 Å². The zero-order valence-electron chi connectivity index (χ0n) is 10.4. The van der Waals surface area contributed by atoms with Gasteiger partial charge in [0.15, 0.2) is 11.5 Å². The Labute approximate surface area is 109 Å². The molecule has 102 valence electrons. The van der Waals surface area contributed by atoms with E-state index in [0.717, 1.165) is 6.07 Å². The lowest BCUT2D eigenvalue weighted by atomic mass is 10.0. The van der Waals surface area contributed by atoms with E-state index < -0.39 is 23.7 Å². The average molecular weight is 265 g/mol. The molecule has 0 aliphatic carbocycles. The van der Waals surface area contributed by atoms with Gasteiger partial charge in [-0.1, -0.05) is 6.92 Å². The summed E-state index contributed by atoms with van der Waals surface area (Å²) < 4.78 is 0. The maximum atomic E-state index is 12.2. The first kappa shape index (κ1) is 13.2. The molecule has 2 rings (SSSR count). The monoisotopic (exact) mass is 265 g/mol. The lowest BCUT2D eigenvalue weighted by molar-refractivity contribution is -0.142. The highest BCUT2D eigenvalue weighted by Gasteiger charge is 2.39. The first-order valence-electron chi connectivity index (χ1n) is 5.97. The second-order valence-electron chi connectivity index (χ2n) is 4.75. The molecule has 19 heavy (non-hydrogen) atoms. The summed E-state index contributed by atoms with van der Waals surface area (Å²) in [5.74, 6) is -2.30. The number of phenolic OH excluding ortho intramolecular Hbond substituents is 2. The second-order valence-corrected chi connectivity index (χ2v) is 4.75. The van der Waals surface area contributed by atoms with Crippen LogP contribution in [0.4, 0.5) is 0 Å². The fraction of sp³-hybridized carbons (Fsp3) is 0.385. The Kier molecular flexibility index (Phi) is 3.33. The maximum absolute atomic E-state index is 12.2. The van der Waals surface area contributed by atoms with Crippen LogP contribution in [-0.2, 0) is 4.79 Å². The minimum Gasteiger partial charge on any atom is -0.504 e. The lowest BCUT2D eigenvalue weighted by Crippen LogP contribution is -2.42. The third-order valence-electron chi connectivity index (χ3n) is 3.44. The van der Waals surface area contributed by atoms with Gasteiger partial charge >= 0.3 is 5.97 Å². The molecule has 2 unspecified atom stereocenters. The number of carboxylic acids is 1. The van der Waals surface area contributed by atoms with Crippen LogP contribution in [0.2, 0.25) is 0 Å². The zero-order chi connectivity index (χ0) is 14.2. The van der Waals surface area contributed by atoms with Crippen LogP contribution in [0.1, 0.15) is 23.7 Å². The first-order chi connectivity index (χ1) is 8.91. The molecule has 1 aromatic rings. The fourth-order valence-electron chi connectivity index (χ4n) is 2.37. The molecule has 1 aliphatic heterocycles. The Bertz CT molecular complexity index is 528. The summed E-state index contributed by atoms with van der Waals surface area (Å²) in [4.78, 5) is 24.7. The molecule has 1 aliphatic rings. The highest BCUT2D eigenvalue weighted by atomic mass is 16.4. The van der Waals surface area contributed by atoms with Crippen LogP contribution in [0.15, 0.2) is 18.2 Å². The van der Waals surface area contributed by atoms with Crippen LogP contribution in [0.3, 0.4) is 0 Å². The number of hydrogen-bond donors (Lipinski definition) is 3. The number of likely N-dealkylation sites (tertiary alicyclic amines) is 1. The summed E-state index contributed by atoms with van der Waals surface area (Å²) >= 11 is 0. The van der Waals surface area contributed by atoms with Gasteiger partial charge in [0.2, 0.25) is 0 Å². The molecule has 3 N–H and O–H groups in total. The molecule has 2 atom stereocenters. The number of hydrogen-bond acceptors (Lipinski definition) is 4. The van der Waals surface area contributed by atoms with Gasteiger partial charge in [-0.25, -0.2) is 4.79 Å². The van der Waals surface area contributed by atoms with Crippen molar-refractivity contribution in [3.8, 4) is 11.5 Å². The van der Waals surface area contributed by atoms with Crippen molar-refractivity contribution in [3.63, 3.8) is 0 Å². The van der Waals surface area contributed by atoms with E-state index in [1.54, 1.807) is 6.92 Å². The minimum atomic E-state index is -1.03.